The summed E-state index contributed by atoms with van der Waals surface area (Å²) in [5.41, 5.74) is 1.19. The minimum Gasteiger partial charge on any atom is -0.465 e. The van der Waals surface area contributed by atoms with Crippen LogP contribution >= 0.6 is 0 Å². The maximum Gasteiger partial charge on any atom is 0.129 e. The van der Waals surface area contributed by atoms with Gasteiger partial charge in [0.1, 0.15) is 5.76 Å². The van der Waals surface area contributed by atoms with E-state index in [4.69, 9.17) is 4.42 Å². The van der Waals surface area contributed by atoms with Gasteiger partial charge < -0.3 is 4.42 Å². The van der Waals surface area contributed by atoms with Crippen molar-refractivity contribution in [3.8, 4) is 0 Å². The minimum absolute atomic E-state index is 0.956. The van der Waals surface area contributed by atoms with E-state index in [1.807, 2.05) is 32.1 Å². The largest absolute Gasteiger partial charge is 0.465 e. The maximum atomic E-state index is 5.12. The zero-order chi connectivity index (χ0) is 6.69. The number of allylic oxidation sites excluding steroid dienone is 1. The molecule has 0 bridgehead atoms. The van der Waals surface area contributed by atoms with Gasteiger partial charge in [-0.15, -0.1) is 0 Å². The molecule has 1 nitrogen and oxygen atoms in total. The molecule has 1 aromatic rings. The van der Waals surface area contributed by atoms with Crippen molar-refractivity contribution in [1.29, 1.82) is 0 Å². The summed E-state index contributed by atoms with van der Waals surface area (Å²) < 4.78 is 5.12. The molecule has 1 aromatic heterocycles. The molecule has 0 aliphatic heterocycles. The Labute approximate surface area is 55.0 Å². The number of aryl methyl sites for hydroxylation is 1. The van der Waals surface area contributed by atoms with E-state index in [1.54, 1.807) is 6.26 Å². The van der Waals surface area contributed by atoms with Gasteiger partial charge in [-0.1, -0.05) is 6.08 Å². The predicted molar refractivity (Wildman–Crippen MR) is 38.2 cm³/mol. The van der Waals surface area contributed by atoms with Gasteiger partial charge in [-0.2, -0.15) is 0 Å². The van der Waals surface area contributed by atoms with E-state index < -0.39 is 0 Å². The predicted octanol–water partition coefficient (Wildman–Crippen LogP) is 2.62. The summed E-state index contributed by atoms with van der Waals surface area (Å²) in [5.74, 6) is 0.956. The molecule has 0 aliphatic carbocycles. The summed E-state index contributed by atoms with van der Waals surface area (Å²) in [6.45, 7) is 4.00. The molecule has 0 spiro atoms. The SMILES string of the molecule is C/C=C/c1occc1C. The standard InChI is InChI=1S/C8H10O/c1-3-4-8-7(2)5-6-9-8/h3-6H,1-2H3/b4-3+. The Morgan fingerprint density at radius 1 is 1.56 bits per heavy atom. The molecule has 0 fully saturated rings. The van der Waals surface area contributed by atoms with E-state index in [2.05, 4.69) is 0 Å². The van der Waals surface area contributed by atoms with Gasteiger partial charge in [0.25, 0.3) is 0 Å². The fourth-order valence-electron chi connectivity index (χ4n) is 0.707. The molecule has 0 aromatic carbocycles. The van der Waals surface area contributed by atoms with Crippen molar-refractivity contribution in [2.45, 2.75) is 13.8 Å². The highest BCUT2D eigenvalue weighted by atomic mass is 16.3. The highest BCUT2D eigenvalue weighted by Gasteiger charge is 1.92. The lowest BCUT2D eigenvalue weighted by atomic mass is 10.3. The summed E-state index contributed by atoms with van der Waals surface area (Å²) >= 11 is 0. The Morgan fingerprint density at radius 2 is 2.33 bits per heavy atom. The van der Waals surface area contributed by atoms with Gasteiger partial charge in [0, 0.05) is 0 Å². The Morgan fingerprint density at radius 3 is 2.78 bits per heavy atom. The first-order valence-corrected chi connectivity index (χ1v) is 3.01. The van der Waals surface area contributed by atoms with Crippen molar-refractivity contribution in [3.63, 3.8) is 0 Å². The van der Waals surface area contributed by atoms with Crippen molar-refractivity contribution in [2.24, 2.45) is 0 Å². The molecule has 0 aliphatic rings. The molecular formula is C8H10O. The summed E-state index contributed by atoms with van der Waals surface area (Å²) in [6, 6.07) is 1.95. The van der Waals surface area contributed by atoms with Crippen LogP contribution in [0.25, 0.3) is 6.08 Å². The Hall–Kier alpha value is -0.980. The van der Waals surface area contributed by atoms with Gasteiger partial charge in [0.15, 0.2) is 0 Å². The van der Waals surface area contributed by atoms with Crippen LogP contribution in [0.4, 0.5) is 0 Å². The molecule has 1 heteroatoms. The molecule has 0 unspecified atom stereocenters. The van der Waals surface area contributed by atoms with Crippen LogP contribution in [-0.2, 0) is 0 Å². The zero-order valence-corrected chi connectivity index (χ0v) is 5.72. The van der Waals surface area contributed by atoms with Crippen LogP contribution in [0.15, 0.2) is 22.8 Å². The molecule has 1 heterocycles. The zero-order valence-electron chi connectivity index (χ0n) is 5.72. The van der Waals surface area contributed by atoms with E-state index in [9.17, 15) is 0 Å². The van der Waals surface area contributed by atoms with E-state index in [0.717, 1.165) is 5.76 Å². The van der Waals surface area contributed by atoms with Crippen molar-refractivity contribution in [3.05, 3.63) is 29.7 Å². The molecule has 0 amide bonds. The van der Waals surface area contributed by atoms with Crippen LogP contribution in [0.3, 0.4) is 0 Å². The van der Waals surface area contributed by atoms with Gasteiger partial charge in [-0.25, -0.2) is 0 Å². The number of rotatable bonds is 1. The Balaban J connectivity index is 2.94. The fourth-order valence-corrected chi connectivity index (χ4v) is 0.707. The molecule has 0 saturated carbocycles. The lowest BCUT2D eigenvalue weighted by Crippen LogP contribution is -1.66. The van der Waals surface area contributed by atoms with Gasteiger partial charge in [-0.05, 0) is 31.6 Å². The average molecular weight is 122 g/mol. The van der Waals surface area contributed by atoms with Gasteiger partial charge in [0.2, 0.25) is 0 Å². The van der Waals surface area contributed by atoms with Crippen LogP contribution in [0.1, 0.15) is 18.2 Å². The molecule has 1 rings (SSSR count). The maximum absolute atomic E-state index is 5.12. The van der Waals surface area contributed by atoms with E-state index in [0.29, 0.717) is 0 Å². The molecular weight excluding hydrogens is 112 g/mol. The molecule has 0 radical (unpaired) electrons. The summed E-state index contributed by atoms with van der Waals surface area (Å²) in [4.78, 5) is 0. The quantitative estimate of drug-likeness (QED) is 0.558. The van der Waals surface area contributed by atoms with Gasteiger partial charge in [-0.3, -0.25) is 0 Å². The first-order chi connectivity index (χ1) is 4.34. The molecule has 0 N–H and O–H groups in total. The second-order valence-corrected chi connectivity index (χ2v) is 1.97. The fraction of sp³-hybridized carbons (Fsp3) is 0.250. The number of hydrogen-bond donors (Lipinski definition) is 0. The average Bonchev–Trinajstić information content (AvgIpc) is 2.18. The third-order valence-corrected chi connectivity index (χ3v) is 1.22. The summed E-state index contributed by atoms with van der Waals surface area (Å²) in [7, 11) is 0. The number of furan rings is 1. The van der Waals surface area contributed by atoms with Gasteiger partial charge >= 0.3 is 0 Å². The monoisotopic (exact) mass is 122 g/mol. The topological polar surface area (TPSA) is 13.1 Å². The molecule has 48 valence electrons. The second-order valence-electron chi connectivity index (χ2n) is 1.97. The van der Waals surface area contributed by atoms with Crippen molar-refractivity contribution >= 4 is 6.08 Å². The van der Waals surface area contributed by atoms with Crippen molar-refractivity contribution in [1.82, 2.24) is 0 Å². The minimum atomic E-state index is 0.956. The Bertz CT molecular complexity index is 208. The molecule has 9 heavy (non-hydrogen) atoms. The summed E-state index contributed by atoms with van der Waals surface area (Å²) in [5, 5.41) is 0. The van der Waals surface area contributed by atoms with Crippen LogP contribution in [0.5, 0.6) is 0 Å². The van der Waals surface area contributed by atoms with Crippen molar-refractivity contribution in [2.75, 3.05) is 0 Å². The third kappa shape index (κ3) is 1.22. The normalized spacial score (nSPS) is 10.9. The number of hydrogen-bond acceptors (Lipinski definition) is 1. The second kappa shape index (κ2) is 2.53. The first kappa shape index (κ1) is 6.14. The van der Waals surface area contributed by atoms with E-state index >= 15 is 0 Å². The van der Waals surface area contributed by atoms with Crippen LogP contribution in [0.2, 0.25) is 0 Å². The lowest BCUT2D eigenvalue weighted by Gasteiger charge is -1.83. The smallest absolute Gasteiger partial charge is 0.129 e. The van der Waals surface area contributed by atoms with E-state index in [1.165, 1.54) is 5.56 Å². The molecule has 0 saturated heterocycles. The first-order valence-electron chi connectivity index (χ1n) is 3.01. The van der Waals surface area contributed by atoms with E-state index in [-0.39, 0.29) is 0 Å². The highest BCUT2D eigenvalue weighted by molar-refractivity contribution is 5.46. The molecule has 0 atom stereocenters. The van der Waals surface area contributed by atoms with Crippen molar-refractivity contribution < 1.29 is 4.42 Å². The summed E-state index contributed by atoms with van der Waals surface area (Å²) in [6.07, 6.45) is 5.62. The van der Waals surface area contributed by atoms with Crippen LogP contribution < -0.4 is 0 Å². The Kier molecular flexibility index (Phi) is 1.73. The van der Waals surface area contributed by atoms with Gasteiger partial charge in [0.05, 0.1) is 6.26 Å². The lowest BCUT2D eigenvalue weighted by molar-refractivity contribution is 0.555. The van der Waals surface area contributed by atoms with Crippen LogP contribution in [-0.4, -0.2) is 0 Å². The third-order valence-electron chi connectivity index (χ3n) is 1.22. The highest BCUT2D eigenvalue weighted by Crippen LogP contribution is 2.09. The van der Waals surface area contributed by atoms with Crippen LogP contribution in [0, 0.1) is 6.92 Å².